The second-order valence-electron chi connectivity index (χ2n) is 8.08. The number of likely N-dealkylation sites (N-methyl/N-ethyl adjacent to an activating group) is 1. The van der Waals surface area contributed by atoms with Gasteiger partial charge in [-0.05, 0) is 18.8 Å². The average molecular weight is 411 g/mol. The van der Waals surface area contributed by atoms with Crippen molar-refractivity contribution in [2.75, 3.05) is 20.2 Å². The fourth-order valence-electron chi connectivity index (χ4n) is 3.76. The van der Waals surface area contributed by atoms with Crippen molar-refractivity contribution in [2.45, 2.75) is 38.8 Å². The normalized spacial score (nSPS) is 15.9. The zero-order valence-electron chi connectivity index (χ0n) is 17.2. The number of rotatable bonds is 7. The highest BCUT2D eigenvalue weighted by Gasteiger charge is 2.29. The molecule has 0 atom stereocenters. The van der Waals surface area contributed by atoms with Gasteiger partial charge in [0.25, 0.3) is 11.8 Å². The van der Waals surface area contributed by atoms with E-state index in [-0.39, 0.29) is 5.91 Å². The van der Waals surface area contributed by atoms with Crippen LogP contribution in [-0.4, -0.2) is 60.5 Å². The summed E-state index contributed by atoms with van der Waals surface area (Å²) in [5.41, 5.74) is 3.55. The molecule has 0 spiro atoms. The Morgan fingerprint density at radius 3 is 3.00 bits per heavy atom. The molecule has 30 heavy (non-hydrogen) atoms. The molecule has 1 amide bonds. The van der Waals surface area contributed by atoms with Crippen molar-refractivity contribution in [1.82, 2.24) is 34.4 Å². The Hall–Kier alpha value is -3.01. The highest BCUT2D eigenvalue weighted by molar-refractivity contribution is 5.92. The van der Waals surface area contributed by atoms with Gasteiger partial charge in [-0.1, -0.05) is 5.16 Å². The van der Waals surface area contributed by atoms with Gasteiger partial charge in [0.15, 0.2) is 11.5 Å². The van der Waals surface area contributed by atoms with E-state index in [2.05, 4.69) is 19.8 Å². The van der Waals surface area contributed by atoms with E-state index < -0.39 is 0 Å². The van der Waals surface area contributed by atoms with Gasteiger partial charge in [-0.25, -0.2) is 4.98 Å². The molecule has 0 bridgehead atoms. The second kappa shape index (κ2) is 7.67. The summed E-state index contributed by atoms with van der Waals surface area (Å²) in [5, 5.41) is 8.89. The molecule has 3 aromatic heterocycles. The molecule has 1 aliphatic carbocycles. The van der Waals surface area contributed by atoms with Crippen molar-refractivity contribution in [3.05, 3.63) is 35.3 Å². The van der Waals surface area contributed by atoms with Crippen molar-refractivity contribution in [3.8, 4) is 11.6 Å². The lowest BCUT2D eigenvalue weighted by atomic mass is 10.1. The van der Waals surface area contributed by atoms with Gasteiger partial charge in [0.05, 0.1) is 25.7 Å². The lowest BCUT2D eigenvalue weighted by Crippen LogP contribution is -2.30. The first-order valence-corrected chi connectivity index (χ1v) is 10.3. The largest absolute Gasteiger partial charge is 0.376 e. The van der Waals surface area contributed by atoms with Crippen molar-refractivity contribution in [1.29, 1.82) is 0 Å². The summed E-state index contributed by atoms with van der Waals surface area (Å²) < 4.78 is 15.0. The first kappa shape index (κ1) is 19.0. The van der Waals surface area contributed by atoms with Crippen LogP contribution < -0.4 is 0 Å². The summed E-state index contributed by atoms with van der Waals surface area (Å²) in [5.74, 6) is 1.61. The minimum absolute atomic E-state index is 0.0937. The molecule has 4 heterocycles. The Labute approximate surface area is 173 Å². The number of hydrogen-bond acceptors (Lipinski definition) is 7. The van der Waals surface area contributed by atoms with Crippen LogP contribution in [0.4, 0.5) is 0 Å². The smallest absolute Gasteiger partial charge is 0.278 e. The van der Waals surface area contributed by atoms with Gasteiger partial charge in [-0.2, -0.15) is 10.1 Å². The number of aromatic nitrogens is 6. The van der Waals surface area contributed by atoms with Gasteiger partial charge in [0.2, 0.25) is 0 Å². The number of amides is 1. The predicted octanol–water partition coefficient (Wildman–Crippen LogP) is 1.46. The molecule has 3 aromatic rings. The van der Waals surface area contributed by atoms with Crippen LogP contribution in [0.15, 0.2) is 17.0 Å². The number of fused-ring (bicyclic) bond motifs is 1. The van der Waals surface area contributed by atoms with Gasteiger partial charge in [0, 0.05) is 51.3 Å². The highest BCUT2D eigenvalue weighted by atomic mass is 16.5. The highest BCUT2D eigenvalue weighted by Crippen LogP contribution is 2.34. The molecule has 10 nitrogen and oxygen atoms in total. The average Bonchev–Trinajstić information content (AvgIpc) is 3.13. The number of nitrogens with zero attached hydrogens (tertiary/aromatic N) is 7. The standard InChI is InChI=1S/C20H25N7O3/c1-25(20(28)16-9-21-12-26(16)2)7-5-17-22-19(30-24-17)18-14-11-29-8-6-15(14)27(23-18)10-13-3-4-13/h9,12-13H,3-8,10-11H2,1-2H3. The van der Waals surface area contributed by atoms with E-state index in [4.69, 9.17) is 14.4 Å². The Bertz CT molecular complexity index is 1060. The first-order chi connectivity index (χ1) is 14.6. The lowest BCUT2D eigenvalue weighted by molar-refractivity contribution is 0.0786. The second-order valence-corrected chi connectivity index (χ2v) is 8.08. The molecular weight excluding hydrogens is 386 g/mol. The summed E-state index contributed by atoms with van der Waals surface area (Å²) in [6.07, 6.45) is 7.07. The molecule has 0 radical (unpaired) electrons. The Morgan fingerprint density at radius 2 is 2.23 bits per heavy atom. The van der Waals surface area contributed by atoms with Crippen molar-refractivity contribution in [2.24, 2.45) is 13.0 Å². The maximum atomic E-state index is 12.5. The fourth-order valence-corrected chi connectivity index (χ4v) is 3.76. The molecule has 1 saturated carbocycles. The van der Waals surface area contributed by atoms with Crippen LogP contribution in [0.5, 0.6) is 0 Å². The first-order valence-electron chi connectivity index (χ1n) is 10.3. The van der Waals surface area contributed by atoms with Gasteiger partial charge < -0.3 is 18.7 Å². The molecule has 158 valence electrons. The summed E-state index contributed by atoms with van der Waals surface area (Å²) in [6.45, 7) is 2.66. The monoisotopic (exact) mass is 411 g/mol. The van der Waals surface area contributed by atoms with E-state index in [0.29, 0.717) is 37.0 Å². The lowest BCUT2D eigenvalue weighted by Gasteiger charge is -2.15. The molecule has 2 aliphatic rings. The van der Waals surface area contributed by atoms with E-state index in [9.17, 15) is 4.79 Å². The molecule has 0 unspecified atom stereocenters. The van der Waals surface area contributed by atoms with Crippen LogP contribution >= 0.6 is 0 Å². The Balaban J connectivity index is 1.29. The summed E-state index contributed by atoms with van der Waals surface area (Å²) in [4.78, 5) is 22.7. The maximum absolute atomic E-state index is 12.5. The molecular formula is C20H25N7O3. The summed E-state index contributed by atoms with van der Waals surface area (Å²) >= 11 is 0. The third-order valence-electron chi connectivity index (χ3n) is 5.75. The molecule has 0 saturated heterocycles. The van der Waals surface area contributed by atoms with Gasteiger partial charge in [0.1, 0.15) is 5.69 Å². The van der Waals surface area contributed by atoms with E-state index in [1.807, 2.05) is 0 Å². The Kier molecular flexibility index (Phi) is 4.86. The molecule has 1 aliphatic heterocycles. The van der Waals surface area contributed by atoms with Crippen LogP contribution in [0.2, 0.25) is 0 Å². The minimum atomic E-state index is -0.0937. The minimum Gasteiger partial charge on any atom is -0.376 e. The summed E-state index contributed by atoms with van der Waals surface area (Å²) in [7, 11) is 3.55. The number of ether oxygens (including phenoxy) is 1. The number of aryl methyl sites for hydroxylation is 1. The zero-order valence-corrected chi connectivity index (χ0v) is 17.2. The number of hydrogen-bond donors (Lipinski definition) is 0. The third-order valence-corrected chi connectivity index (χ3v) is 5.75. The molecule has 1 fully saturated rings. The molecule has 0 aromatic carbocycles. The Morgan fingerprint density at radius 1 is 1.37 bits per heavy atom. The van der Waals surface area contributed by atoms with Gasteiger partial charge in [-0.3, -0.25) is 9.48 Å². The van der Waals surface area contributed by atoms with Gasteiger partial charge >= 0.3 is 0 Å². The van der Waals surface area contributed by atoms with E-state index in [1.54, 1.807) is 36.1 Å². The van der Waals surface area contributed by atoms with Crippen LogP contribution in [0.25, 0.3) is 11.6 Å². The predicted molar refractivity (Wildman–Crippen MR) is 105 cm³/mol. The van der Waals surface area contributed by atoms with E-state index >= 15 is 0 Å². The van der Waals surface area contributed by atoms with Crippen LogP contribution in [-0.2, 0) is 37.8 Å². The third kappa shape index (κ3) is 3.62. The maximum Gasteiger partial charge on any atom is 0.278 e. The fraction of sp³-hybridized carbons (Fsp3) is 0.550. The van der Waals surface area contributed by atoms with Crippen LogP contribution in [0, 0.1) is 5.92 Å². The van der Waals surface area contributed by atoms with E-state index in [1.165, 1.54) is 18.5 Å². The molecule has 5 rings (SSSR count). The van der Waals surface area contributed by atoms with Crippen LogP contribution in [0.3, 0.4) is 0 Å². The number of carbonyl (C=O) groups excluding carboxylic acids is 1. The van der Waals surface area contributed by atoms with E-state index in [0.717, 1.165) is 36.7 Å². The quantitative estimate of drug-likeness (QED) is 0.580. The molecule has 0 N–H and O–H groups in total. The number of imidazole rings is 1. The van der Waals surface area contributed by atoms with Gasteiger partial charge in [-0.15, -0.1) is 0 Å². The summed E-state index contributed by atoms with van der Waals surface area (Å²) in [6, 6.07) is 0. The van der Waals surface area contributed by atoms with Crippen molar-refractivity contribution >= 4 is 5.91 Å². The van der Waals surface area contributed by atoms with Crippen LogP contribution in [0.1, 0.15) is 40.4 Å². The van der Waals surface area contributed by atoms with Crippen molar-refractivity contribution < 1.29 is 14.1 Å². The topological polar surface area (TPSA) is 104 Å². The van der Waals surface area contributed by atoms with Crippen molar-refractivity contribution in [3.63, 3.8) is 0 Å². The zero-order chi connectivity index (χ0) is 20.7. The number of carbonyl (C=O) groups is 1. The SMILES string of the molecule is CN(CCc1noc(-c2nn(CC3CC3)c3c2COCC3)n1)C(=O)c1cncn1C. The molecule has 10 heteroatoms.